The molecule has 5 heteroatoms. The van der Waals surface area contributed by atoms with Gasteiger partial charge in [0, 0.05) is 6.54 Å². The molecule has 2 amide bonds. The van der Waals surface area contributed by atoms with E-state index in [1.165, 1.54) is 5.56 Å². The van der Waals surface area contributed by atoms with E-state index >= 15 is 0 Å². The lowest BCUT2D eigenvalue weighted by Gasteiger charge is -2.22. The van der Waals surface area contributed by atoms with Gasteiger partial charge in [0.2, 0.25) is 5.91 Å². The summed E-state index contributed by atoms with van der Waals surface area (Å²) >= 11 is 0. The quantitative estimate of drug-likeness (QED) is 0.750. The summed E-state index contributed by atoms with van der Waals surface area (Å²) in [4.78, 5) is 25.3. The van der Waals surface area contributed by atoms with Gasteiger partial charge in [-0.3, -0.25) is 9.59 Å². The van der Waals surface area contributed by atoms with Crippen molar-refractivity contribution >= 4 is 11.8 Å². The fourth-order valence-electron chi connectivity index (χ4n) is 2.69. The van der Waals surface area contributed by atoms with Gasteiger partial charge in [0.15, 0.2) is 0 Å². The van der Waals surface area contributed by atoms with Crippen molar-refractivity contribution in [3.8, 4) is 5.75 Å². The van der Waals surface area contributed by atoms with Crippen LogP contribution in [0.25, 0.3) is 0 Å². The van der Waals surface area contributed by atoms with Gasteiger partial charge < -0.3 is 15.4 Å². The molecule has 0 bridgehead atoms. The molecule has 1 unspecified atom stereocenters. The van der Waals surface area contributed by atoms with Crippen LogP contribution >= 0.6 is 0 Å². The highest BCUT2D eigenvalue weighted by Gasteiger charge is 2.25. The van der Waals surface area contributed by atoms with Crippen molar-refractivity contribution in [2.24, 2.45) is 5.92 Å². The summed E-state index contributed by atoms with van der Waals surface area (Å²) in [7, 11) is 0. The van der Waals surface area contributed by atoms with Crippen LogP contribution in [0, 0.1) is 12.8 Å². The van der Waals surface area contributed by atoms with Crippen LogP contribution in [0.3, 0.4) is 0 Å². The molecule has 5 nitrogen and oxygen atoms in total. The molecule has 2 aromatic rings. The number of hydrogen-bond acceptors (Lipinski definition) is 3. The number of amides is 2. The zero-order chi connectivity index (χ0) is 19.8. The van der Waals surface area contributed by atoms with Crippen LogP contribution in [0.5, 0.6) is 5.75 Å². The molecular weight excluding hydrogens is 340 g/mol. The van der Waals surface area contributed by atoms with E-state index in [0.717, 1.165) is 5.56 Å². The molecule has 2 rings (SSSR count). The van der Waals surface area contributed by atoms with Gasteiger partial charge in [-0.2, -0.15) is 0 Å². The van der Waals surface area contributed by atoms with Gasteiger partial charge in [-0.1, -0.05) is 55.8 Å². The molecule has 0 saturated carbocycles. The van der Waals surface area contributed by atoms with Crippen LogP contribution in [-0.4, -0.2) is 24.5 Å². The van der Waals surface area contributed by atoms with Crippen molar-refractivity contribution in [3.05, 3.63) is 65.2 Å². The first-order chi connectivity index (χ1) is 12.9. The molecule has 0 spiro atoms. The van der Waals surface area contributed by atoms with Gasteiger partial charge in [0.25, 0.3) is 5.91 Å². The fraction of sp³-hybridized carbons (Fsp3) is 0.364. The number of nitrogens with one attached hydrogen (secondary N) is 2. The predicted octanol–water partition coefficient (Wildman–Crippen LogP) is 3.46. The summed E-state index contributed by atoms with van der Waals surface area (Å²) in [5.41, 5.74) is 2.62. The fourth-order valence-corrected chi connectivity index (χ4v) is 2.69. The van der Waals surface area contributed by atoms with Gasteiger partial charge in [-0.15, -0.1) is 0 Å². The van der Waals surface area contributed by atoms with E-state index in [1.54, 1.807) is 18.2 Å². The first kappa shape index (κ1) is 20.5. The number of rotatable bonds is 8. The number of carbonyl (C=O) groups is 2. The zero-order valence-corrected chi connectivity index (χ0v) is 16.4. The summed E-state index contributed by atoms with van der Waals surface area (Å²) in [6.07, 6.45) is 0. The van der Waals surface area contributed by atoms with E-state index in [9.17, 15) is 9.59 Å². The molecule has 2 aromatic carbocycles. The van der Waals surface area contributed by atoms with E-state index in [0.29, 0.717) is 24.5 Å². The van der Waals surface area contributed by atoms with Gasteiger partial charge >= 0.3 is 0 Å². The minimum absolute atomic E-state index is 0.0498. The van der Waals surface area contributed by atoms with Crippen LogP contribution in [0.2, 0.25) is 0 Å². The highest BCUT2D eigenvalue weighted by molar-refractivity contribution is 5.99. The molecule has 0 aliphatic rings. The second kappa shape index (κ2) is 9.76. The summed E-state index contributed by atoms with van der Waals surface area (Å²) in [5.74, 6) is -0.0534. The highest BCUT2D eigenvalue weighted by atomic mass is 16.5. The van der Waals surface area contributed by atoms with Crippen molar-refractivity contribution in [1.82, 2.24) is 10.6 Å². The monoisotopic (exact) mass is 368 g/mol. The average molecular weight is 368 g/mol. The van der Waals surface area contributed by atoms with E-state index in [2.05, 4.69) is 10.6 Å². The average Bonchev–Trinajstić information content (AvgIpc) is 2.65. The molecule has 0 radical (unpaired) electrons. The van der Waals surface area contributed by atoms with Gasteiger partial charge in [0.05, 0.1) is 12.2 Å². The largest absolute Gasteiger partial charge is 0.493 e. The van der Waals surface area contributed by atoms with Crippen LogP contribution in [0.1, 0.15) is 42.3 Å². The zero-order valence-electron chi connectivity index (χ0n) is 16.4. The third-order valence-corrected chi connectivity index (χ3v) is 4.25. The Bertz CT molecular complexity index is 769. The molecular formula is C22H28N2O3. The minimum Gasteiger partial charge on any atom is -0.493 e. The van der Waals surface area contributed by atoms with Crippen LogP contribution in [0.4, 0.5) is 0 Å². The minimum atomic E-state index is -0.627. The maximum atomic E-state index is 12.7. The number of hydrogen-bond donors (Lipinski definition) is 2. The molecule has 2 N–H and O–H groups in total. The van der Waals surface area contributed by atoms with E-state index in [-0.39, 0.29) is 17.7 Å². The molecule has 1 atom stereocenters. The lowest BCUT2D eigenvalue weighted by Crippen LogP contribution is -2.49. The van der Waals surface area contributed by atoms with Crippen LogP contribution in [0.15, 0.2) is 48.5 Å². The number of carbonyl (C=O) groups excluding carboxylic acids is 2. The van der Waals surface area contributed by atoms with Crippen molar-refractivity contribution < 1.29 is 14.3 Å². The Labute approximate surface area is 161 Å². The number of para-hydroxylation sites is 1. The maximum Gasteiger partial charge on any atom is 0.255 e. The van der Waals surface area contributed by atoms with Crippen molar-refractivity contribution in [1.29, 1.82) is 0 Å². The van der Waals surface area contributed by atoms with Crippen LogP contribution in [-0.2, 0) is 11.3 Å². The Morgan fingerprint density at radius 2 is 1.70 bits per heavy atom. The highest BCUT2D eigenvalue weighted by Crippen LogP contribution is 2.18. The summed E-state index contributed by atoms with van der Waals surface area (Å²) in [5, 5.41) is 5.76. The number of benzene rings is 2. The SMILES string of the molecule is CCOc1ccccc1C(=O)NC(C(=O)NCc1ccc(C)cc1)C(C)C. The smallest absolute Gasteiger partial charge is 0.255 e. The Morgan fingerprint density at radius 3 is 2.33 bits per heavy atom. The molecule has 0 fully saturated rings. The molecule has 27 heavy (non-hydrogen) atoms. The van der Waals surface area contributed by atoms with Gasteiger partial charge in [-0.05, 0) is 37.5 Å². The normalized spacial score (nSPS) is 11.7. The van der Waals surface area contributed by atoms with E-state index < -0.39 is 6.04 Å². The Hall–Kier alpha value is -2.82. The van der Waals surface area contributed by atoms with Gasteiger partial charge in [-0.25, -0.2) is 0 Å². The van der Waals surface area contributed by atoms with Gasteiger partial charge in [0.1, 0.15) is 11.8 Å². The first-order valence-electron chi connectivity index (χ1n) is 9.28. The third-order valence-electron chi connectivity index (χ3n) is 4.25. The number of ether oxygens (including phenoxy) is 1. The van der Waals surface area contributed by atoms with E-state index in [1.807, 2.05) is 58.0 Å². The molecule has 0 aliphatic heterocycles. The Morgan fingerprint density at radius 1 is 1.04 bits per heavy atom. The molecule has 0 aromatic heterocycles. The summed E-state index contributed by atoms with van der Waals surface area (Å²) in [6, 6.07) is 14.4. The van der Waals surface area contributed by atoms with Crippen molar-refractivity contribution in [3.63, 3.8) is 0 Å². The summed E-state index contributed by atoms with van der Waals surface area (Å²) < 4.78 is 5.51. The second-order valence-corrected chi connectivity index (χ2v) is 6.83. The first-order valence-corrected chi connectivity index (χ1v) is 9.28. The predicted molar refractivity (Wildman–Crippen MR) is 107 cm³/mol. The van der Waals surface area contributed by atoms with E-state index in [4.69, 9.17) is 4.74 Å². The molecule has 144 valence electrons. The second-order valence-electron chi connectivity index (χ2n) is 6.83. The molecule has 0 aliphatic carbocycles. The Balaban J connectivity index is 2.04. The topological polar surface area (TPSA) is 67.4 Å². The third kappa shape index (κ3) is 5.84. The standard InChI is InChI=1S/C22H28N2O3/c1-5-27-19-9-7-6-8-18(19)21(25)24-20(15(2)3)22(26)23-14-17-12-10-16(4)11-13-17/h6-13,15,20H,5,14H2,1-4H3,(H,23,26)(H,24,25). The molecule has 0 heterocycles. The lowest BCUT2D eigenvalue weighted by molar-refractivity contribution is -0.124. The van der Waals surface area contributed by atoms with Crippen molar-refractivity contribution in [2.75, 3.05) is 6.61 Å². The maximum absolute atomic E-state index is 12.7. The number of aryl methyl sites for hydroxylation is 1. The van der Waals surface area contributed by atoms with Crippen LogP contribution < -0.4 is 15.4 Å². The Kier molecular flexibility index (Phi) is 7.41. The molecule has 0 saturated heterocycles. The lowest BCUT2D eigenvalue weighted by atomic mass is 10.0. The summed E-state index contributed by atoms with van der Waals surface area (Å²) in [6.45, 7) is 8.59. The van der Waals surface area contributed by atoms with Crippen molar-refractivity contribution in [2.45, 2.75) is 40.3 Å².